The second kappa shape index (κ2) is 12.4. The first-order valence-corrected chi connectivity index (χ1v) is 11.8. The Balaban J connectivity index is 1.28. The molecule has 0 fully saturated rings. The van der Waals surface area contributed by atoms with Gasteiger partial charge in [-0.3, -0.25) is 15.7 Å². The van der Waals surface area contributed by atoms with Crippen molar-refractivity contribution in [3.8, 4) is 17.2 Å². The molecule has 0 aromatic heterocycles. The largest absolute Gasteiger partial charge is 0.497 e. The van der Waals surface area contributed by atoms with Gasteiger partial charge in [0.15, 0.2) is 11.5 Å². The van der Waals surface area contributed by atoms with Crippen molar-refractivity contribution in [1.29, 1.82) is 5.41 Å². The molecule has 4 rings (SSSR count). The SMILES string of the molecule is COc1ccc(COC(=O)NC(=N)c2ccc(OCc3ccc(CN4C=NCC4)cc3)c(OC)c2)cc1. The minimum absolute atomic E-state index is 0.0761. The molecule has 0 saturated carbocycles. The molecular formula is C28H30N4O5. The predicted octanol–water partition coefficient (Wildman–Crippen LogP) is 4.38. The first-order valence-electron chi connectivity index (χ1n) is 11.8. The molecule has 9 nitrogen and oxygen atoms in total. The molecular weight excluding hydrogens is 472 g/mol. The summed E-state index contributed by atoms with van der Waals surface area (Å²) in [4.78, 5) is 18.6. The zero-order chi connectivity index (χ0) is 26.0. The van der Waals surface area contributed by atoms with Crippen LogP contribution in [0.25, 0.3) is 0 Å². The number of alkyl carbamates (subject to hydrolysis) is 1. The molecule has 0 unspecified atom stereocenters. The van der Waals surface area contributed by atoms with Crippen molar-refractivity contribution in [2.75, 3.05) is 27.3 Å². The fourth-order valence-corrected chi connectivity index (χ4v) is 3.70. The number of amides is 1. The van der Waals surface area contributed by atoms with Gasteiger partial charge in [0, 0.05) is 18.7 Å². The minimum atomic E-state index is -0.722. The Labute approximate surface area is 216 Å². The summed E-state index contributed by atoms with van der Waals surface area (Å²) < 4.78 is 21.7. The van der Waals surface area contributed by atoms with Gasteiger partial charge in [-0.25, -0.2) is 4.79 Å². The van der Waals surface area contributed by atoms with E-state index >= 15 is 0 Å². The number of benzene rings is 3. The highest BCUT2D eigenvalue weighted by Crippen LogP contribution is 2.29. The number of carbonyl (C=O) groups excluding carboxylic acids is 1. The number of nitrogens with one attached hydrogen (secondary N) is 2. The molecule has 0 radical (unpaired) electrons. The number of amidine groups is 1. The molecule has 0 bridgehead atoms. The maximum Gasteiger partial charge on any atom is 0.413 e. The van der Waals surface area contributed by atoms with Crippen molar-refractivity contribution in [3.05, 3.63) is 89.0 Å². The van der Waals surface area contributed by atoms with Gasteiger partial charge in [0.2, 0.25) is 0 Å². The summed E-state index contributed by atoms with van der Waals surface area (Å²) in [5.74, 6) is 1.61. The van der Waals surface area contributed by atoms with Crippen LogP contribution in [-0.4, -0.2) is 50.5 Å². The average Bonchev–Trinajstić information content (AvgIpc) is 3.44. The monoisotopic (exact) mass is 502 g/mol. The van der Waals surface area contributed by atoms with Gasteiger partial charge in [-0.05, 0) is 47.0 Å². The number of aliphatic imine (C=N–C) groups is 1. The first kappa shape index (κ1) is 25.6. The number of methoxy groups -OCH3 is 2. The second-order valence-electron chi connectivity index (χ2n) is 8.39. The molecule has 0 aliphatic carbocycles. The highest BCUT2D eigenvalue weighted by atomic mass is 16.5. The molecule has 3 aromatic rings. The Morgan fingerprint density at radius 2 is 1.62 bits per heavy atom. The van der Waals surface area contributed by atoms with E-state index in [9.17, 15) is 4.79 Å². The van der Waals surface area contributed by atoms with Gasteiger partial charge in [0.25, 0.3) is 0 Å². The number of carbonyl (C=O) groups is 1. The molecule has 9 heteroatoms. The Hall–Kier alpha value is -4.53. The summed E-state index contributed by atoms with van der Waals surface area (Å²) in [6.45, 7) is 3.10. The van der Waals surface area contributed by atoms with Crippen LogP contribution in [0.2, 0.25) is 0 Å². The van der Waals surface area contributed by atoms with Gasteiger partial charge in [0.1, 0.15) is 24.8 Å². The molecule has 192 valence electrons. The molecule has 1 aliphatic rings. The van der Waals surface area contributed by atoms with Crippen molar-refractivity contribution < 1.29 is 23.7 Å². The summed E-state index contributed by atoms with van der Waals surface area (Å²) >= 11 is 0. The van der Waals surface area contributed by atoms with Crippen LogP contribution in [-0.2, 0) is 24.5 Å². The van der Waals surface area contributed by atoms with E-state index in [0.717, 1.165) is 36.5 Å². The van der Waals surface area contributed by atoms with Crippen LogP contribution in [0, 0.1) is 5.41 Å². The Bertz CT molecular complexity index is 1240. The lowest BCUT2D eigenvalue weighted by atomic mass is 10.1. The lowest BCUT2D eigenvalue weighted by molar-refractivity contribution is 0.145. The maximum atomic E-state index is 12.2. The maximum absolute atomic E-state index is 12.2. The Kier molecular flexibility index (Phi) is 8.59. The average molecular weight is 503 g/mol. The summed E-state index contributed by atoms with van der Waals surface area (Å²) in [6.07, 6.45) is 1.17. The first-order chi connectivity index (χ1) is 18.0. The quantitative estimate of drug-likeness (QED) is 0.315. The van der Waals surface area contributed by atoms with Crippen molar-refractivity contribution in [1.82, 2.24) is 10.2 Å². The number of ether oxygens (including phenoxy) is 4. The normalized spacial score (nSPS) is 12.2. The molecule has 37 heavy (non-hydrogen) atoms. The Morgan fingerprint density at radius 1 is 0.919 bits per heavy atom. The van der Waals surface area contributed by atoms with Crippen LogP contribution in [0.1, 0.15) is 22.3 Å². The van der Waals surface area contributed by atoms with E-state index < -0.39 is 6.09 Å². The Morgan fingerprint density at radius 3 is 2.30 bits per heavy atom. The van der Waals surface area contributed by atoms with Crippen molar-refractivity contribution >= 4 is 18.3 Å². The highest BCUT2D eigenvalue weighted by Gasteiger charge is 2.13. The zero-order valence-corrected chi connectivity index (χ0v) is 20.9. The summed E-state index contributed by atoms with van der Waals surface area (Å²) in [7, 11) is 3.12. The molecule has 3 aromatic carbocycles. The molecule has 1 amide bonds. The third kappa shape index (κ3) is 7.23. The van der Waals surface area contributed by atoms with E-state index in [2.05, 4.69) is 27.3 Å². The van der Waals surface area contributed by atoms with E-state index in [1.54, 1.807) is 49.6 Å². The van der Waals surface area contributed by atoms with Gasteiger partial charge >= 0.3 is 6.09 Å². The van der Waals surface area contributed by atoms with E-state index in [4.69, 9.17) is 24.4 Å². The second-order valence-corrected chi connectivity index (χ2v) is 8.39. The van der Waals surface area contributed by atoms with Crippen LogP contribution >= 0.6 is 0 Å². The fourth-order valence-electron chi connectivity index (χ4n) is 3.70. The van der Waals surface area contributed by atoms with Crippen LogP contribution in [0.5, 0.6) is 17.2 Å². The third-order valence-electron chi connectivity index (χ3n) is 5.77. The van der Waals surface area contributed by atoms with Crippen molar-refractivity contribution in [3.63, 3.8) is 0 Å². The lowest BCUT2D eigenvalue weighted by Gasteiger charge is -2.15. The fraction of sp³-hybridized carbons (Fsp3) is 0.250. The van der Waals surface area contributed by atoms with Crippen LogP contribution in [0.15, 0.2) is 71.7 Å². The summed E-state index contributed by atoms with van der Waals surface area (Å²) in [5.41, 5.74) is 3.51. The highest BCUT2D eigenvalue weighted by molar-refractivity contribution is 6.04. The molecule has 0 saturated heterocycles. The molecule has 0 atom stereocenters. The summed E-state index contributed by atoms with van der Waals surface area (Å²) in [6, 6.07) is 20.5. The number of rotatable bonds is 10. The standard InChI is InChI=1S/C28H30N4O5/c1-34-24-10-7-22(8-11-24)18-37-28(33)31-27(29)23-9-12-25(26(15-23)35-2)36-17-21-5-3-20(4-6-21)16-32-14-13-30-19-32/h3-12,15,19H,13-14,16-18H2,1-2H3,(H2,29,31,33). The van der Waals surface area contributed by atoms with Gasteiger partial charge in [-0.2, -0.15) is 0 Å². The number of nitrogens with zero attached hydrogens (tertiary/aromatic N) is 2. The van der Waals surface area contributed by atoms with E-state index in [1.807, 2.05) is 18.5 Å². The van der Waals surface area contributed by atoms with Crippen LogP contribution < -0.4 is 19.5 Å². The van der Waals surface area contributed by atoms with Gasteiger partial charge in [-0.1, -0.05) is 36.4 Å². The van der Waals surface area contributed by atoms with E-state index in [-0.39, 0.29) is 12.4 Å². The number of hydrogen-bond acceptors (Lipinski definition) is 8. The minimum Gasteiger partial charge on any atom is -0.497 e. The molecule has 2 N–H and O–H groups in total. The predicted molar refractivity (Wildman–Crippen MR) is 141 cm³/mol. The van der Waals surface area contributed by atoms with Crippen LogP contribution in [0.4, 0.5) is 4.79 Å². The number of hydrogen-bond donors (Lipinski definition) is 2. The molecule has 1 heterocycles. The molecule has 1 aliphatic heterocycles. The topological polar surface area (TPSA) is 105 Å². The zero-order valence-electron chi connectivity index (χ0n) is 20.9. The summed E-state index contributed by atoms with van der Waals surface area (Å²) in [5, 5.41) is 10.7. The van der Waals surface area contributed by atoms with Crippen molar-refractivity contribution in [2.24, 2.45) is 4.99 Å². The van der Waals surface area contributed by atoms with Gasteiger partial charge in [0.05, 0.1) is 27.1 Å². The smallest absolute Gasteiger partial charge is 0.413 e. The van der Waals surface area contributed by atoms with Crippen LogP contribution in [0.3, 0.4) is 0 Å². The third-order valence-corrected chi connectivity index (χ3v) is 5.77. The molecule has 0 spiro atoms. The van der Waals surface area contributed by atoms with Gasteiger partial charge in [-0.15, -0.1) is 0 Å². The van der Waals surface area contributed by atoms with Gasteiger partial charge < -0.3 is 23.8 Å². The van der Waals surface area contributed by atoms with Crippen molar-refractivity contribution in [2.45, 2.75) is 19.8 Å². The lowest BCUT2D eigenvalue weighted by Crippen LogP contribution is -2.31. The van der Waals surface area contributed by atoms with E-state index in [0.29, 0.717) is 23.7 Å². The van der Waals surface area contributed by atoms with E-state index in [1.165, 1.54) is 12.7 Å².